The lowest BCUT2D eigenvalue weighted by molar-refractivity contribution is -0.148. The highest BCUT2D eigenvalue weighted by atomic mass is 79.9. The maximum Gasteiger partial charge on any atom is 0.401 e. The molecule has 4 rings (SSSR count). The molecule has 1 fully saturated rings. The molecule has 1 aliphatic heterocycles. The number of fused-ring (bicyclic) bond motifs is 1. The Kier molecular flexibility index (Phi) is 7.34. The van der Waals surface area contributed by atoms with Crippen LogP contribution in [0.15, 0.2) is 46.1 Å². The van der Waals surface area contributed by atoms with Gasteiger partial charge in [-0.3, -0.25) is 4.90 Å². The Labute approximate surface area is 206 Å². The van der Waals surface area contributed by atoms with E-state index in [9.17, 15) is 17.6 Å². The molecule has 0 aliphatic carbocycles. The fourth-order valence-electron chi connectivity index (χ4n) is 4.02. The van der Waals surface area contributed by atoms with Crippen LogP contribution in [0.3, 0.4) is 0 Å². The molecule has 0 saturated carbocycles. The van der Waals surface area contributed by atoms with Crippen molar-refractivity contribution in [3.63, 3.8) is 0 Å². The first-order valence-electron chi connectivity index (χ1n) is 10.6. The largest absolute Gasteiger partial charge is 0.401 e. The number of nitrogens with zero attached hydrogens (tertiary/aromatic N) is 4. The molecule has 1 aromatic carbocycles. The summed E-state index contributed by atoms with van der Waals surface area (Å²) in [4.78, 5) is 5.75. The molecule has 6 nitrogen and oxygen atoms in total. The van der Waals surface area contributed by atoms with E-state index in [1.165, 1.54) is 23.1 Å². The average molecular weight is 562 g/mol. The van der Waals surface area contributed by atoms with E-state index in [0.717, 1.165) is 9.99 Å². The van der Waals surface area contributed by atoms with Gasteiger partial charge in [-0.05, 0) is 66.0 Å². The molecule has 0 radical (unpaired) electrons. The predicted octanol–water partition coefficient (Wildman–Crippen LogP) is 5.61. The molecular weight excluding hydrogens is 540 g/mol. The lowest BCUT2D eigenvalue weighted by atomic mass is 9.96. The number of aromatic nitrogens is 2. The first-order valence-corrected chi connectivity index (χ1v) is 11.8. The molecule has 0 spiro atoms. The van der Waals surface area contributed by atoms with Crippen LogP contribution in [-0.2, 0) is 0 Å². The molecule has 1 saturated heterocycles. The van der Waals surface area contributed by atoms with Crippen molar-refractivity contribution in [3.05, 3.63) is 57.5 Å². The van der Waals surface area contributed by atoms with Crippen LogP contribution in [0.1, 0.15) is 18.4 Å². The van der Waals surface area contributed by atoms with Crippen LogP contribution in [0.5, 0.6) is 0 Å². The topological polar surface area (TPSA) is 70.9 Å². The Morgan fingerprint density at radius 1 is 1.26 bits per heavy atom. The van der Waals surface area contributed by atoms with Crippen molar-refractivity contribution in [1.29, 1.82) is 0 Å². The van der Waals surface area contributed by atoms with Crippen LogP contribution in [-0.4, -0.2) is 52.7 Å². The Hall–Kier alpha value is -2.37. The fraction of sp³-hybridized carbons (Fsp3) is 0.364. The Morgan fingerprint density at radius 2 is 2.00 bits per heavy atom. The van der Waals surface area contributed by atoms with Crippen molar-refractivity contribution in [2.45, 2.75) is 19.0 Å². The first-order chi connectivity index (χ1) is 16.1. The molecule has 2 aromatic heterocycles. The number of halogens is 6. The fourth-order valence-corrected chi connectivity index (χ4v) is 4.59. The number of piperidine rings is 1. The first kappa shape index (κ1) is 24.7. The summed E-state index contributed by atoms with van der Waals surface area (Å²) >= 11 is 9.58. The minimum absolute atomic E-state index is 0.0994. The molecule has 3 heterocycles. The summed E-state index contributed by atoms with van der Waals surface area (Å²) < 4.78 is 54.1. The predicted molar refractivity (Wildman–Crippen MR) is 128 cm³/mol. The minimum Gasteiger partial charge on any atom is -0.383 e. The van der Waals surface area contributed by atoms with Crippen molar-refractivity contribution in [2.24, 2.45) is 16.6 Å². The van der Waals surface area contributed by atoms with Crippen LogP contribution in [0.25, 0.3) is 5.52 Å². The molecule has 3 N–H and O–H groups in total. The summed E-state index contributed by atoms with van der Waals surface area (Å²) in [5.74, 6) is -0.197. The highest BCUT2D eigenvalue weighted by Gasteiger charge is 2.32. The summed E-state index contributed by atoms with van der Waals surface area (Å²) in [7, 11) is 0. The second kappa shape index (κ2) is 10.1. The van der Waals surface area contributed by atoms with Gasteiger partial charge in [-0.2, -0.15) is 18.3 Å². The third kappa shape index (κ3) is 6.00. The minimum atomic E-state index is -4.19. The number of hydrogen-bond acceptors (Lipinski definition) is 4. The van der Waals surface area contributed by atoms with E-state index in [0.29, 0.717) is 43.7 Å². The van der Waals surface area contributed by atoms with Crippen LogP contribution in [0.2, 0.25) is 5.02 Å². The van der Waals surface area contributed by atoms with Crippen molar-refractivity contribution in [2.75, 3.05) is 31.5 Å². The van der Waals surface area contributed by atoms with E-state index in [2.05, 4.69) is 31.3 Å². The van der Waals surface area contributed by atoms with Crippen molar-refractivity contribution >= 4 is 50.3 Å². The van der Waals surface area contributed by atoms with Gasteiger partial charge in [0.25, 0.3) is 0 Å². The van der Waals surface area contributed by atoms with Gasteiger partial charge >= 0.3 is 6.18 Å². The summed E-state index contributed by atoms with van der Waals surface area (Å²) in [6, 6.07) is 5.69. The monoisotopic (exact) mass is 560 g/mol. The zero-order valence-corrected chi connectivity index (χ0v) is 20.3. The molecule has 0 bridgehead atoms. The maximum absolute atomic E-state index is 13.7. The van der Waals surface area contributed by atoms with E-state index < -0.39 is 18.5 Å². The number of hydrogen-bond donors (Lipinski definition) is 2. The van der Waals surface area contributed by atoms with Gasteiger partial charge < -0.3 is 11.1 Å². The maximum atomic E-state index is 13.7. The highest BCUT2D eigenvalue weighted by Crippen LogP contribution is 2.30. The van der Waals surface area contributed by atoms with Gasteiger partial charge in [-0.15, -0.1) is 0 Å². The Balaban J connectivity index is 1.56. The van der Waals surface area contributed by atoms with Crippen LogP contribution >= 0.6 is 27.5 Å². The van der Waals surface area contributed by atoms with Crippen LogP contribution in [0.4, 0.5) is 28.9 Å². The molecule has 34 heavy (non-hydrogen) atoms. The number of nitrogens with two attached hydrogens (primary N) is 1. The molecule has 1 aliphatic rings. The standard InChI is InChI=1S/C22H22BrClF4N6/c23-14-7-19-20(30-9-13-3-5-33(6-4-13)12-22(26,27)28)16(10-31-34(19)11-14)21(29)32-18-8-15(25)1-2-17(18)24/h1-2,7-8,10-11,13,30H,3-6,9,12H2,(H2,29,32). The van der Waals surface area contributed by atoms with Crippen LogP contribution in [0, 0.1) is 11.7 Å². The Morgan fingerprint density at radius 3 is 2.71 bits per heavy atom. The average Bonchev–Trinajstić information content (AvgIpc) is 3.15. The van der Waals surface area contributed by atoms with Gasteiger partial charge in [0, 0.05) is 23.3 Å². The summed E-state index contributed by atoms with van der Waals surface area (Å²) in [5.41, 5.74) is 8.40. The zero-order chi connectivity index (χ0) is 24.5. The summed E-state index contributed by atoms with van der Waals surface area (Å²) in [6.07, 6.45) is 0.447. The number of likely N-dealkylation sites (tertiary alicyclic amines) is 1. The molecule has 0 unspecified atom stereocenters. The smallest absolute Gasteiger partial charge is 0.383 e. The molecule has 0 atom stereocenters. The van der Waals surface area contributed by atoms with Gasteiger partial charge in [-0.25, -0.2) is 13.9 Å². The van der Waals surface area contributed by atoms with Gasteiger partial charge in [0.2, 0.25) is 0 Å². The van der Waals surface area contributed by atoms with Gasteiger partial charge in [0.1, 0.15) is 11.7 Å². The van der Waals surface area contributed by atoms with E-state index in [4.69, 9.17) is 17.3 Å². The Bertz CT molecular complexity index is 1200. The van der Waals surface area contributed by atoms with Crippen molar-refractivity contribution in [3.8, 4) is 0 Å². The second-order valence-corrected chi connectivity index (χ2v) is 9.55. The van der Waals surface area contributed by atoms with Crippen molar-refractivity contribution < 1.29 is 17.6 Å². The number of benzene rings is 1. The molecule has 12 heteroatoms. The number of rotatable bonds is 6. The van der Waals surface area contributed by atoms with E-state index in [1.54, 1.807) is 16.9 Å². The molecule has 3 aromatic rings. The van der Waals surface area contributed by atoms with Crippen molar-refractivity contribution in [1.82, 2.24) is 14.5 Å². The van der Waals surface area contributed by atoms with E-state index in [1.807, 2.05) is 6.07 Å². The lowest BCUT2D eigenvalue weighted by Crippen LogP contribution is -2.41. The normalized spacial score (nSPS) is 16.4. The summed E-state index contributed by atoms with van der Waals surface area (Å²) in [5, 5.41) is 8.03. The molecule has 182 valence electrons. The number of aliphatic imine (C=N–C) groups is 1. The third-order valence-electron chi connectivity index (χ3n) is 5.71. The molecular formula is C22H22BrClF4N6. The van der Waals surface area contributed by atoms with E-state index in [-0.39, 0.29) is 22.5 Å². The number of amidine groups is 1. The lowest BCUT2D eigenvalue weighted by Gasteiger charge is -2.32. The number of nitrogens with one attached hydrogen (secondary N) is 1. The van der Waals surface area contributed by atoms with Gasteiger partial charge in [0.05, 0.1) is 40.2 Å². The zero-order valence-electron chi connectivity index (χ0n) is 17.9. The highest BCUT2D eigenvalue weighted by molar-refractivity contribution is 9.10. The third-order valence-corrected chi connectivity index (χ3v) is 6.46. The number of alkyl halides is 3. The van der Waals surface area contributed by atoms with E-state index >= 15 is 0 Å². The van der Waals surface area contributed by atoms with Gasteiger partial charge in [0.15, 0.2) is 0 Å². The second-order valence-electron chi connectivity index (χ2n) is 8.23. The SMILES string of the molecule is NC(=Nc1cc(F)ccc1Cl)c1cnn2cc(Br)cc2c1NCC1CCN(CC(F)(F)F)CC1. The molecule has 0 amide bonds. The van der Waals surface area contributed by atoms with Gasteiger partial charge in [-0.1, -0.05) is 11.6 Å². The quantitative estimate of drug-likeness (QED) is 0.233. The number of anilines is 1. The van der Waals surface area contributed by atoms with Crippen LogP contribution < -0.4 is 11.1 Å². The summed E-state index contributed by atoms with van der Waals surface area (Å²) in [6.45, 7) is 0.449.